The highest BCUT2D eigenvalue weighted by atomic mass is 16.3. The maximum Gasteiger partial charge on any atom is 0.123 e. The van der Waals surface area contributed by atoms with Crippen molar-refractivity contribution < 1.29 is 20.4 Å². The monoisotopic (exact) mass is 260 g/mol. The molecule has 100 valence electrons. The summed E-state index contributed by atoms with van der Waals surface area (Å²) in [6.45, 7) is -0.745. The third-order valence-corrected chi connectivity index (χ3v) is 3.21. The lowest BCUT2D eigenvalue weighted by Crippen LogP contribution is -2.03. The van der Waals surface area contributed by atoms with Gasteiger partial charge in [0, 0.05) is 5.56 Å². The van der Waals surface area contributed by atoms with E-state index in [9.17, 15) is 20.4 Å². The predicted molar refractivity (Wildman–Crippen MR) is 71.3 cm³/mol. The Kier molecular flexibility index (Phi) is 4.16. The summed E-state index contributed by atoms with van der Waals surface area (Å²) >= 11 is 0. The lowest BCUT2D eigenvalue weighted by atomic mass is 9.92. The summed E-state index contributed by atoms with van der Waals surface area (Å²) in [5.41, 5.74) is 2.85. The lowest BCUT2D eigenvalue weighted by Gasteiger charge is -2.16. The van der Waals surface area contributed by atoms with Gasteiger partial charge in [-0.25, -0.2) is 0 Å². The number of phenols is 1. The molecule has 2 aromatic carbocycles. The molecule has 0 bridgehead atoms. The van der Waals surface area contributed by atoms with Crippen molar-refractivity contribution in [1.29, 1.82) is 0 Å². The molecule has 0 atom stereocenters. The Morgan fingerprint density at radius 3 is 1.95 bits per heavy atom. The molecule has 0 aliphatic carbocycles. The fraction of sp³-hybridized carbons (Fsp3) is 0.200. The van der Waals surface area contributed by atoms with E-state index in [2.05, 4.69) is 0 Å². The first-order valence-electron chi connectivity index (χ1n) is 5.97. The zero-order valence-electron chi connectivity index (χ0n) is 10.4. The van der Waals surface area contributed by atoms with E-state index in [4.69, 9.17) is 0 Å². The Hall–Kier alpha value is -1.88. The molecule has 0 saturated carbocycles. The van der Waals surface area contributed by atoms with Gasteiger partial charge in [0.2, 0.25) is 0 Å². The maximum absolute atomic E-state index is 9.88. The summed E-state index contributed by atoms with van der Waals surface area (Å²) in [6, 6.07) is 10.2. The van der Waals surface area contributed by atoms with E-state index in [1.807, 2.05) is 0 Å². The number of benzene rings is 2. The fourth-order valence-corrected chi connectivity index (χ4v) is 2.22. The van der Waals surface area contributed by atoms with Crippen LogP contribution >= 0.6 is 0 Å². The summed E-state index contributed by atoms with van der Waals surface area (Å²) in [4.78, 5) is 0. The minimum atomic E-state index is -0.271. The maximum atomic E-state index is 9.88. The molecule has 0 spiro atoms. The van der Waals surface area contributed by atoms with E-state index in [0.29, 0.717) is 27.8 Å². The Labute approximate surface area is 111 Å². The molecule has 4 nitrogen and oxygen atoms in total. The van der Waals surface area contributed by atoms with Gasteiger partial charge in [0.05, 0.1) is 19.8 Å². The van der Waals surface area contributed by atoms with Crippen LogP contribution in [0, 0.1) is 0 Å². The Morgan fingerprint density at radius 2 is 1.37 bits per heavy atom. The SMILES string of the molecule is OCc1ccc(-c2ccccc2O)c(CO)c1CO. The Morgan fingerprint density at radius 1 is 0.684 bits per heavy atom. The molecular weight excluding hydrogens is 244 g/mol. The summed E-state index contributed by atoms with van der Waals surface area (Å²) in [7, 11) is 0. The molecule has 0 radical (unpaired) electrons. The summed E-state index contributed by atoms with van der Waals surface area (Å²) in [6.07, 6.45) is 0. The highest BCUT2D eigenvalue weighted by Gasteiger charge is 2.14. The van der Waals surface area contributed by atoms with E-state index < -0.39 is 0 Å². The van der Waals surface area contributed by atoms with Gasteiger partial charge in [-0.1, -0.05) is 30.3 Å². The van der Waals surface area contributed by atoms with Gasteiger partial charge in [0.1, 0.15) is 5.75 Å². The van der Waals surface area contributed by atoms with Gasteiger partial charge in [-0.3, -0.25) is 0 Å². The van der Waals surface area contributed by atoms with E-state index in [-0.39, 0.29) is 25.6 Å². The van der Waals surface area contributed by atoms with Crippen molar-refractivity contribution in [2.75, 3.05) is 0 Å². The number of hydrogen-bond donors (Lipinski definition) is 4. The standard InChI is InChI=1S/C15H16O4/c16-7-10-5-6-11(14(9-18)13(10)8-17)12-3-1-2-4-15(12)19/h1-6,16-19H,7-9H2. The van der Waals surface area contributed by atoms with Crippen LogP contribution in [-0.2, 0) is 19.8 Å². The minimum absolute atomic E-state index is 0.109. The molecule has 0 aliphatic rings. The number of phenolic OH excluding ortho intramolecular Hbond substituents is 1. The largest absolute Gasteiger partial charge is 0.507 e. The minimum Gasteiger partial charge on any atom is -0.507 e. The van der Waals surface area contributed by atoms with Crippen molar-refractivity contribution in [3.63, 3.8) is 0 Å². The third kappa shape index (κ3) is 2.46. The molecule has 4 N–H and O–H groups in total. The van der Waals surface area contributed by atoms with E-state index in [1.54, 1.807) is 36.4 Å². The molecule has 2 aromatic rings. The number of rotatable bonds is 4. The van der Waals surface area contributed by atoms with Crippen molar-refractivity contribution in [2.24, 2.45) is 0 Å². The van der Waals surface area contributed by atoms with Gasteiger partial charge < -0.3 is 20.4 Å². The fourth-order valence-electron chi connectivity index (χ4n) is 2.22. The van der Waals surface area contributed by atoms with Gasteiger partial charge in [0.15, 0.2) is 0 Å². The first kappa shape index (κ1) is 13.5. The highest BCUT2D eigenvalue weighted by molar-refractivity contribution is 5.74. The molecule has 0 amide bonds. The van der Waals surface area contributed by atoms with Crippen LogP contribution in [-0.4, -0.2) is 20.4 Å². The molecule has 0 unspecified atom stereocenters. The second-order valence-electron chi connectivity index (χ2n) is 4.22. The summed E-state index contributed by atoms with van der Waals surface area (Å²) in [5, 5.41) is 38.1. The molecule has 0 aromatic heterocycles. The van der Waals surface area contributed by atoms with Gasteiger partial charge >= 0.3 is 0 Å². The zero-order chi connectivity index (χ0) is 13.8. The third-order valence-electron chi connectivity index (χ3n) is 3.21. The normalized spacial score (nSPS) is 10.7. The molecule has 4 heteroatoms. The molecule has 0 fully saturated rings. The smallest absolute Gasteiger partial charge is 0.123 e. The Balaban J connectivity index is 2.68. The van der Waals surface area contributed by atoms with Crippen LogP contribution in [0.25, 0.3) is 11.1 Å². The van der Waals surface area contributed by atoms with Crippen LogP contribution in [0.3, 0.4) is 0 Å². The summed E-state index contributed by atoms with van der Waals surface area (Å²) < 4.78 is 0. The van der Waals surface area contributed by atoms with Crippen LogP contribution in [0.2, 0.25) is 0 Å². The van der Waals surface area contributed by atoms with Crippen LogP contribution in [0.15, 0.2) is 36.4 Å². The molecular formula is C15H16O4. The van der Waals surface area contributed by atoms with Gasteiger partial charge in [0.25, 0.3) is 0 Å². The van der Waals surface area contributed by atoms with Crippen molar-refractivity contribution in [1.82, 2.24) is 0 Å². The van der Waals surface area contributed by atoms with Crippen molar-refractivity contribution in [2.45, 2.75) is 19.8 Å². The first-order chi connectivity index (χ1) is 9.22. The van der Waals surface area contributed by atoms with Crippen molar-refractivity contribution in [3.8, 4) is 16.9 Å². The lowest BCUT2D eigenvalue weighted by molar-refractivity contribution is 0.248. The van der Waals surface area contributed by atoms with E-state index in [1.165, 1.54) is 0 Å². The second-order valence-corrected chi connectivity index (χ2v) is 4.22. The topological polar surface area (TPSA) is 80.9 Å². The van der Waals surface area contributed by atoms with E-state index >= 15 is 0 Å². The second kappa shape index (κ2) is 5.84. The molecule has 0 saturated heterocycles. The molecule has 0 aliphatic heterocycles. The van der Waals surface area contributed by atoms with Gasteiger partial charge in [-0.15, -0.1) is 0 Å². The van der Waals surface area contributed by atoms with Crippen molar-refractivity contribution in [3.05, 3.63) is 53.1 Å². The zero-order valence-corrected chi connectivity index (χ0v) is 10.4. The number of aliphatic hydroxyl groups is 3. The van der Waals surface area contributed by atoms with Crippen LogP contribution in [0.1, 0.15) is 16.7 Å². The predicted octanol–water partition coefficient (Wildman–Crippen LogP) is 1.54. The molecule has 0 heterocycles. The number of aromatic hydroxyl groups is 1. The van der Waals surface area contributed by atoms with Gasteiger partial charge in [-0.05, 0) is 28.3 Å². The van der Waals surface area contributed by atoms with E-state index in [0.717, 1.165) is 0 Å². The van der Waals surface area contributed by atoms with Gasteiger partial charge in [-0.2, -0.15) is 0 Å². The number of para-hydroxylation sites is 1. The van der Waals surface area contributed by atoms with Crippen LogP contribution < -0.4 is 0 Å². The molecule has 2 rings (SSSR count). The quantitative estimate of drug-likeness (QED) is 0.672. The van der Waals surface area contributed by atoms with Crippen LogP contribution in [0.4, 0.5) is 0 Å². The highest BCUT2D eigenvalue weighted by Crippen LogP contribution is 2.34. The average Bonchev–Trinajstić information content (AvgIpc) is 2.46. The molecule has 19 heavy (non-hydrogen) atoms. The Bertz CT molecular complexity index is 578. The first-order valence-corrected chi connectivity index (χ1v) is 5.97. The summed E-state index contributed by atoms with van der Waals surface area (Å²) in [5.74, 6) is 0.109. The average molecular weight is 260 g/mol. The van der Waals surface area contributed by atoms with Crippen molar-refractivity contribution >= 4 is 0 Å². The number of aliphatic hydroxyl groups excluding tert-OH is 3. The number of hydrogen-bond acceptors (Lipinski definition) is 4. The van der Waals surface area contributed by atoms with Crippen LogP contribution in [0.5, 0.6) is 5.75 Å².